The van der Waals surface area contributed by atoms with Crippen molar-refractivity contribution in [2.45, 2.75) is 63.8 Å². The van der Waals surface area contributed by atoms with Crippen molar-refractivity contribution in [1.82, 2.24) is 15.5 Å². The van der Waals surface area contributed by atoms with Gasteiger partial charge >= 0.3 is 12.0 Å². The Morgan fingerprint density at radius 3 is 2.18 bits per heavy atom. The van der Waals surface area contributed by atoms with Crippen molar-refractivity contribution in [2.24, 2.45) is 29.6 Å². The Kier molecular flexibility index (Phi) is 5.27. The highest BCUT2D eigenvalue weighted by molar-refractivity contribution is 5.79. The van der Waals surface area contributed by atoms with E-state index in [1.807, 2.05) is 6.92 Å². The number of carboxylic acid groups (broad SMARTS) is 1. The van der Waals surface area contributed by atoms with Crippen LogP contribution in [0.5, 0.6) is 0 Å². The summed E-state index contributed by atoms with van der Waals surface area (Å²) in [7, 11) is 0. The zero-order valence-corrected chi connectivity index (χ0v) is 16.8. The maximum atomic E-state index is 12.5. The smallest absolute Gasteiger partial charge is 0.315 e. The van der Waals surface area contributed by atoms with Gasteiger partial charge in [0.15, 0.2) is 0 Å². The monoisotopic (exact) mass is 391 g/mol. The van der Waals surface area contributed by atoms with Crippen LogP contribution >= 0.6 is 0 Å². The van der Waals surface area contributed by atoms with Crippen LogP contribution in [0.4, 0.5) is 4.79 Å². The molecule has 2 unspecified atom stereocenters. The Hall–Kier alpha value is -1.79. The zero-order valence-electron chi connectivity index (χ0n) is 16.8. The first-order chi connectivity index (χ1) is 13.3. The number of nitrogens with one attached hydrogen (secondary N) is 2. The number of carbonyl (C=O) groups excluding carboxylic acids is 2. The topological polar surface area (TPSA) is 98.7 Å². The molecule has 0 aromatic rings. The van der Waals surface area contributed by atoms with Gasteiger partial charge in [-0.3, -0.25) is 9.59 Å². The highest BCUT2D eigenvalue weighted by atomic mass is 16.4. The molecule has 0 aromatic carbocycles. The number of carboxylic acids is 1. The predicted octanol–water partition coefficient (Wildman–Crippen LogP) is 2.21. The van der Waals surface area contributed by atoms with Gasteiger partial charge in [0.25, 0.3) is 0 Å². The van der Waals surface area contributed by atoms with Gasteiger partial charge in [0.2, 0.25) is 5.91 Å². The third kappa shape index (κ3) is 4.13. The van der Waals surface area contributed by atoms with E-state index in [0.717, 1.165) is 37.0 Å². The van der Waals surface area contributed by atoms with Crippen LogP contribution in [0.2, 0.25) is 0 Å². The normalized spacial score (nSPS) is 38.9. The molecule has 4 bridgehead atoms. The van der Waals surface area contributed by atoms with E-state index < -0.39 is 11.9 Å². The Morgan fingerprint density at radius 1 is 1.00 bits per heavy atom. The lowest BCUT2D eigenvalue weighted by molar-refractivity contribution is -0.146. The van der Waals surface area contributed by atoms with Gasteiger partial charge in [0.1, 0.15) is 0 Å². The maximum Gasteiger partial charge on any atom is 0.315 e. The van der Waals surface area contributed by atoms with E-state index in [1.165, 1.54) is 19.3 Å². The van der Waals surface area contributed by atoms with Gasteiger partial charge in [0, 0.05) is 31.6 Å². The molecule has 0 spiro atoms. The molecule has 7 nitrogen and oxygen atoms in total. The number of amides is 3. The molecule has 5 aliphatic rings. The standard InChI is InChI=1S/C21H33N3O4/c1-13-4-17(19(26)27)12-24(11-13)18(25)2-3-22-20(28)23-21-8-14-5-15(9-21)7-16(6-14)10-21/h13-17H,2-12H2,1H3,(H,26,27)(H2,22,23,28). The Morgan fingerprint density at radius 2 is 1.61 bits per heavy atom. The van der Waals surface area contributed by atoms with E-state index in [4.69, 9.17) is 0 Å². The number of nitrogens with zero attached hydrogens (tertiary/aromatic N) is 1. The number of likely N-dealkylation sites (tertiary alicyclic amines) is 1. The van der Waals surface area contributed by atoms with Crippen molar-refractivity contribution in [2.75, 3.05) is 19.6 Å². The van der Waals surface area contributed by atoms with Gasteiger partial charge in [-0.1, -0.05) is 6.92 Å². The summed E-state index contributed by atoms with van der Waals surface area (Å²) in [5.74, 6) is 1.11. The van der Waals surface area contributed by atoms with Crippen molar-refractivity contribution in [3.05, 3.63) is 0 Å². The highest BCUT2D eigenvalue weighted by Gasteiger charge is 2.51. The summed E-state index contributed by atoms with van der Waals surface area (Å²) in [4.78, 5) is 37.8. The summed E-state index contributed by atoms with van der Waals surface area (Å²) in [6, 6.07) is -0.162. The number of urea groups is 1. The molecule has 5 rings (SSSR count). The molecule has 5 fully saturated rings. The van der Waals surface area contributed by atoms with E-state index in [0.29, 0.717) is 19.5 Å². The van der Waals surface area contributed by atoms with Crippen LogP contribution in [0.3, 0.4) is 0 Å². The minimum absolute atomic E-state index is 0.0279. The minimum atomic E-state index is -0.836. The molecular weight excluding hydrogens is 358 g/mol. The van der Waals surface area contributed by atoms with E-state index in [9.17, 15) is 19.5 Å². The van der Waals surface area contributed by atoms with Crippen LogP contribution in [-0.2, 0) is 9.59 Å². The first-order valence-electron chi connectivity index (χ1n) is 10.9. The van der Waals surface area contributed by atoms with Gasteiger partial charge in [-0.15, -0.1) is 0 Å². The SMILES string of the molecule is CC1CC(C(=O)O)CN(C(=O)CCNC(=O)NC23CC4CC(CC(C4)C2)C3)C1. The van der Waals surface area contributed by atoms with Crippen molar-refractivity contribution < 1.29 is 19.5 Å². The number of rotatable bonds is 5. The Balaban J connectivity index is 1.22. The highest BCUT2D eigenvalue weighted by Crippen LogP contribution is 2.55. The predicted molar refractivity (Wildman–Crippen MR) is 104 cm³/mol. The third-order valence-corrected chi connectivity index (χ3v) is 7.40. The molecule has 3 amide bonds. The summed E-state index contributed by atoms with van der Waals surface area (Å²) >= 11 is 0. The molecule has 3 N–H and O–H groups in total. The molecule has 4 saturated carbocycles. The average molecular weight is 392 g/mol. The summed E-state index contributed by atoms with van der Waals surface area (Å²) in [5.41, 5.74) is -0.0279. The van der Waals surface area contributed by atoms with Gasteiger partial charge in [-0.25, -0.2) is 4.79 Å². The maximum absolute atomic E-state index is 12.5. The summed E-state index contributed by atoms with van der Waals surface area (Å²) in [5, 5.41) is 15.4. The molecule has 0 aromatic heterocycles. The third-order valence-electron chi connectivity index (χ3n) is 7.40. The lowest BCUT2D eigenvalue weighted by Crippen LogP contribution is -2.61. The second-order valence-corrected chi connectivity index (χ2v) is 10.0. The van der Waals surface area contributed by atoms with Crippen LogP contribution in [0.15, 0.2) is 0 Å². The molecule has 1 aliphatic heterocycles. The Labute approximate surface area is 166 Å². The molecule has 4 aliphatic carbocycles. The fraction of sp³-hybridized carbons (Fsp3) is 0.857. The molecule has 1 saturated heterocycles. The van der Waals surface area contributed by atoms with Gasteiger partial charge < -0.3 is 20.6 Å². The van der Waals surface area contributed by atoms with Crippen molar-refractivity contribution >= 4 is 17.9 Å². The quantitative estimate of drug-likeness (QED) is 0.669. The fourth-order valence-corrected chi connectivity index (χ4v) is 6.72. The minimum Gasteiger partial charge on any atom is -0.481 e. The van der Waals surface area contributed by atoms with Crippen LogP contribution in [0.1, 0.15) is 58.3 Å². The van der Waals surface area contributed by atoms with Crippen LogP contribution in [0, 0.1) is 29.6 Å². The lowest BCUT2D eigenvalue weighted by Gasteiger charge is -2.56. The molecule has 28 heavy (non-hydrogen) atoms. The van der Waals surface area contributed by atoms with Crippen LogP contribution < -0.4 is 10.6 Å². The molecular formula is C21H33N3O4. The van der Waals surface area contributed by atoms with E-state index in [1.54, 1.807) is 4.90 Å². The Bertz CT molecular complexity index is 614. The first kappa shape index (κ1) is 19.5. The fourth-order valence-electron chi connectivity index (χ4n) is 6.72. The van der Waals surface area contributed by atoms with Gasteiger partial charge in [-0.05, 0) is 68.6 Å². The van der Waals surface area contributed by atoms with Crippen molar-refractivity contribution in [1.29, 1.82) is 0 Å². The summed E-state index contributed by atoms with van der Waals surface area (Å²) in [6.07, 6.45) is 8.15. The molecule has 7 heteroatoms. The molecule has 1 heterocycles. The second-order valence-electron chi connectivity index (χ2n) is 10.0. The molecule has 2 atom stereocenters. The first-order valence-corrected chi connectivity index (χ1v) is 10.9. The summed E-state index contributed by atoms with van der Waals surface area (Å²) in [6.45, 7) is 3.15. The van der Waals surface area contributed by atoms with Crippen LogP contribution in [-0.4, -0.2) is 53.1 Å². The lowest BCUT2D eigenvalue weighted by atomic mass is 9.53. The van der Waals surface area contributed by atoms with Gasteiger partial charge in [-0.2, -0.15) is 0 Å². The van der Waals surface area contributed by atoms with Gasteiger partial charge in [0.05, 0.1) is 5.92 Å². The molecule has 0 radical (unpaired) electrons. The van der Waals surface area contributed by atoms with E-state index in [-0.39, 0.29) is 36.4 Å². The zero-order chi connectivity index (χ0) is 19.9. The number of hydrogen-bond donors (Lipinski definition) is 3. The number of carbonyl (C=O) groups is 3. The average Bonchev–Trinajstić information content (AvgIpc) is 2.59. The van der Waals surface area contributed by atoms with Crippen molar-refractivity contribution in [3.8, 4) is 0 Å². The van der Waals surface area contributed by atoms with E-state index in [2.05, 4.69) is 10.6 Å². The van der Waals surface area contributed by atoms with E-state index >= 15 is 0 Å². The molecule has 156 valence electrons. The largest absolute Gasteiger partial charge is 0.481 e. The number of hydrogen-bond acceptors (Lipinski definition) is 3. The second kappa shape index (κ2) is 7.56. The van der Waals surface area contributed by atoms with Crippen molar-refractivity contribution in [3.63, 3.8) is 0 Å². The van der Waals surface area contributed by atoms with Crippen LogP contribution in [0.25, 0.3) is 0 Å². The summed E-state index contributed by atoms with van der Waals surface area (Å²) < 4.78 is 0. The number of aliphatic carboxylic acids is 1. The number of piperidine rings is 1.